The first kappa shape index (κ1) is 35.4. The molecule has 1 aromatic carbocycles. The van der Waals surface area contributed by atoms with Crippen LogP contribution >= 0.6 is 0 Å². The maximum atomic E-state index is 12.0. The molecule has 3 rings (SSSR count). The number of esters is 2. The number of benzene rings is 1. The molecule has 0 spiro atoms. The standard InChI is InChI=1S/C23H28O7.2C3H8O2/c1-27-22(25)16-8-10-18(24)20(12-16)30-19-11-9-17(23(26)28-2)13-21(19)29-14-15-6-4-3-5-7-15;2*1-3(2,4)5/h3-7,12-13,18-21,24H,8-11,14H2,1-2H3;2*4-5H,1-2H3/t18-,19?,20-,21-;;/m0../s1. The van der Waals surface area contributed by atoms with Crippen molar-refractivity contribution in [2.45, 2.75) is 96.0 Å². The highest BCUT2D eigenvalue weighted by molar-refractivity contribution is 5.89. The molecule has 1 unspecified atom stereocenters. The van der Waals surface area contributed by atoms with Gasteiger partial charge in [0.25, 0.3) is 0 Å². The van der Waals surface area contributed by atoms with E-state index in [4.69, 9.17) is 39.4 Å². The molecule has 0 heterocycles. The maximum Gasteiger partial charge on any atom is 0.333 e. The van der Waals surface area contributed by atoms with E-state index in [1.807, 2.05) is 30.3 Å². The summed E-state index contributed by atoms with van der Waals surface area (Å²) in [5.41, 5.74) is 2.04. The summed E-state index contributed by atoms with van der Waals surface area (Å²) in [4.78, 5) is 23.9. The first-order valence-corrected chi connectivity index (χ1v) is 13.0. The first-order chi connectivity index (χ1) is 18.5. The summed E-state index contributed by atoms with van der Waals surface area (Å²) < 4.78 is 21.9. The van der Waals surface area contributed by atoms with Crippen LogP contribution < -0.4 is 0 Å². The van der Waals surface area contributed by atoms with Gasteiger partial charge in [0, 0.05) is 11.1 Å². The Morgan fingerprint density at radius 2 is 1.25 bits per heavy atom. The highest BCUT2D eigenvalue weighted by Gasteiger charge is 2.34. The third kappa shape index (κ3) is 15.2. The molecule has 0 saturated heterocycles. The van der Waals surface area contributed by atoms with Crippen LogP contribution in [0.2, 0.25) is 0 Å². The lowest BCUT2D eigenvalue weighted by Gasteiger charge is -2.35. The average molecular weight is 569 g/mol. The van der Waals surface area contributed by atoms with Gasteiger partial charge in [-0.05, 0) is 71.1 Å². The van der Waals surface area contributed by atoms with Crippen LogP contribution in [0.4, 0.5) is 0 Å². The van der Waals surface area contributed by atoms with Gasteiger partial charge in [-0.15, -0.1) is 0 Å². The molecule has 40 heavy (non-hydrogen) atoms. The lowest BCUT2D eigenvalue weighted by Crippen LogP contribution is -2.41. The Hall–Kier alpha value is -2.64. The van der Waals surface area contributed by atoms with Crippen LogP contribution in [0, 0.1) is 0 Å². The quantitative estimate of drug-likeness (QED) is 0.240. The highest BCUT2D eigenvalue weighted by atomic mass is 16.6. The molecule has 0 aromatic heterocycles. The molecule has 0 aliphatic heterocycles. The van der Waals surface area contributed by atoms with Crippen LogP contribution in [-0.2, 0) is 35.1 Å². The normalized spacial score (nSPS) is 22.8. The minimum atomic E-state index is -1.50. The van der Waals surface area contributed by atoms with E-state index in [1.165, 1.54) is 41.9 Å². The molecule has 2 aliphatic rings. The second kappa shape index (κ2) is 16.6. The van der Waals surface area contributed by atoms with Gasteiger partial charge in [-0.25, -0.2) is 9.59 Å². The predicted molar refractivity (Wildman–Crippen MR) is 145 cm³/mol. The second-order valence-corrected chi connectivity index (χ2v) is 10.4. The topological polar surface area (TPSA) is 172 Å². The molecule has 0 fully saturated rings. The fourth-order valence-electron chi connectivity index (χ4n) is 3.71. The molecule has 0 saturated carbocycles. The zero-order valence-corrected chi connectivity index (χ0v) is 24.1. The van der Waals surface area contributed by atoms with E-state index < -0.39 is 35.9 Å². The summed E-state index contributed by atoms with van der Waals surface area (Å²) in [7, 11) is 2.68. The van der Waals surface area contributed by atoms with E-state index >= 15 is 0 Å². The van der Waals surface area contributed by atoms with Gasteiger partial charge in [-0.1, -0.05) is 30.3 Å². The molecule has 4 atom stereocenters. The van der Waals surface area contributed by atoms with Crippen molar-refractivity contribution in [3.8, 4) is 0 Å². The number of rotatable bonds is 7. The number of methoxy groups -OCH3 is 2. The summed E-state index contributed by atoms with van der Waals surface area (Å²) in [6.45, 7) is 5.55. The molecule has 2 aliphatic carbocycles. The van der Waals surface area contributed by atoms with Gasteiger partial charge in [-0.2, -0.15) is 0 Å². The van der Waals surface area contributed by atoms with Crippen molar-refractivity contribution in [3.63, 3.8) is 0 Å². The first-order valence-electron chi connectivity index (χ1n) is 13.0. The van der Waals surface area contributed by atoms with Crippen LogP contribution in [0.25, 0.3) is 0 Å². The zero-order valence-electron chi connectivity index (χ0n) is 24.1. The third-order valence-electron chi connectivity index (χ3n) is 5.40. The van der Waals surface area contributed by atoms with Gasteiger partial charge in [0.15, 0.2) is 11.6 Å². The van der Waals surface area contributed by atoms with E-state index in [2.05, 4.69) is 0 Å². The van der Waals surface area contributed by atoms with Gasteiger partial charge in [0.1, 0.15) is 12.2 Å². The van der Waals surface area contributed by atoms with Crippen LogP contribution in [0.5, 0.6) is 0 Å². The molecule has 5 N–H and O–H groups in total. The Morgan fingerprint density at radius 1 is 0.800 bits per heavy atom. The van der Waals surface area contributed by atoms with E-state index in [0.29, 0.717) is 43.4 Å². The van der Waals surface area contributed by atoms with Gasteiger partial charge in [0.05, 0.1) is 33.0 Å². The summed E-state index contributed by atoms with van der Waals surface area (Å²) in [6.07, 6.45) is 3.01. The largest absolute Gasteiger partial charge is 0.466 e. The summed E-state index contributed by atoms with van der Waals surface area (Å²) in [5, 5.41) is 42.7. The number of carbonyl (C=O) groups excluding carboxylic acids is 2. The van der Waals surface area contributed by atoms with Gasteiger partial charge in [-0.3, -0.25) is 0 Å². The minimum Gasteiger partial charge on any atom is -0.466 e. The van der Waals surface area contributed by atoms with Crippen molar-refractivity contribution in [1.82, 2.24) is 0 Å². The van der Waals surface area contributed by atoms with Crippen LogP contribution in [0.3, 0.4) is 0 Å². The number of hydrogen-bond acceptors (Lipinski definition) is 11. The Morgan fingerprint density at radius 3 is 1.73 bits per heavy atom. The van der Waals surface area contributed by atoms with E-state index in [1.54, 1.807) is 12.2 Å². The molecule has 226 valence electrons. The molecule has 0 amide bonds. The molecule has 1 aromatic rings. The van der Waals surface area contributed by atoms with Crippen molar-refractivity contribution < 1.29 is 54.1 Å². The van der Waals surface area contributed by atoms with Gasteiger partial charge < -0.3 is 44.5 Å². The van der Waals surface area contributed by atoms with Crippen molar-refractivity contribution >= 4 is 11.9 Å². The van der Waals surface area contributed by atoms with Crippen molar-refractivity contribution in [1.29, 1.82) is 0 Å². The second-order valence-electron chi connectivity index (χ2n) is 10.4. The maximum absolute atomic E-state index is 12.0. The monoisotopic (exact) mass is 568 g/mol. The Kier molecular flexibility index (Phi) is 14.7. The average Bonchev–Trinajstić information content (AvgIpc) is 2.87. The number of ether oxygens (including phenoxy) is 4. The van der Waals surface area contributed by atoms with Crippen molar-refractivity contribution in [2.24, 2.45) is 0 Å². The van der Waals surface area contributed by atoms with Crippen LogP contribution in [0.15, 0.2) is 53.6 Å². The third-order valence-corrected chi connectivity index (χ3v) is 5.40. The Bertz CT molecular complexity index is 950. The van der Waals surface area contributed by atoms with Gasteiger partial charge in [0.2, 0.25) is 0 Å². The number of aliphatic hydroxyl groups excluding tert-OH is 1. The SMILES string of the molecule is CC(C)(O)O.CC(C)(O)O.COC(=O)C1=C[C@H](OCc2ccccc2)C(O[C@H]2C=C(C(=O)OC)CC[C@@H]2O)CC1. The molecule has 0 radical (unpaired) electrons. The zero-order chi connectivity index (χ0) is 30.5. The Balaban J connectivity index is 0.000000686. The minimum absolute atomic E-state index is 0.354. The molecule has 11 nitrogen and oxygen atoms in total. The molecular weight excluding hydrogens is 524 g/mol. The van der Waals surface area contributed by atoms with Crippen molar-refractivity contribution in [2.75, 3.05) is 14.2 Å². The molecule has 0 bridgehead atoms. The lowest BCUT2D eigenvalue weighted by atomic mass is 9.92. The van der Waals surface area contributed by atoms with Crippen LogP contribution in [-0.4, -0.2) is 87.7 Å². The summed E-state index contributed by atoms with van der Waals surface area (Å²) >= 11 is 0. The highest BCUT2D eigenvalue weighted by Crippen LogP contribution is 2.29. The smallest absolute Gasteiger partial charge is 0.333 e. The fourth-order valence-corrected chi connectivity index (χ4v) is 3.71. The summed E-state index contributed by atoms with van der Waals surface area (Å²) in [5.74, 6) is -3.80. The molecular formula is C29H44O11. The predicted octanol–water partition coefficient (Wildman–Crippen LogP) is 1.89. The fraction of sp³-hybridized carbons (Fsp3) is 0.586. The number of carbonyl (C=O) groups is 2. The Labute approximate surface area is 235 Å². The number of aliphatic hydroxyl groups is 5. The van der Waals surface area contributed by atoms with E-state index in [9.17, 15) is 14.7 Å². The number of hydrogen-bond donors (Lipinski definition) is 5. The van der Waals surface area contributed by atoms with E-state index in [-0.39, 0.29) is 12.1 Å². The van der Waals surface area contributed by atoms with Crippen molar-refractivity contribution in [3.05, 3.63) is 59.2 Å². The van der Waals surface area contributed by atoms with Gasteiger partial charge >= 0.3 is 11.9 Å². The van der Waals surface area contributed by atoms with E-state index in [0.717, 1.165) is 5.56 Å². The lowest BCUT2D eigenvalue weighted by molar-refractivity contribution is -0.140. The van der Waals surface area contributed by atoms with Crippen LogP contribution in [0.1, 0.15) is 58.9 Å². The summed E-state index contributed by atoms with van der Waals surface area (Å²) in [6, 6.07) is 9.71. The molecule has 11 heteroatoms.